The van der Waals surface area contributed by atoms with Gasteiger partial charge in [-0.25, -0.2) is 4.99 Å². The van der Waals surface area contributed by atoms with Crippen molar-refractivity contribution in [2.75, 3.05) is 26.3 Å². The molecule has 3 rings (SSSR count). The number of aryl methyl sites for hydroxylation is 1. The van der Waals surface area contributed by atoms with Crippen LogP contribution in [0, 0.1) is 6.92 Å². The van der Waals surface area contributed by atoms with Crippen LogP contribution in [0.5, 0.6) is 0 Å². The maximum absolute atomic E-state index is 11.9. The molecule has 1 saturated heterocycles. The number of guanidine groups is 1. The number of nitrogens with one attached hydrogen (secondary N) is 1. The quantitative estimate of drug-likeness (QED) is 0.780. The van der Waals surface area contributed by atoms with Crippen LogP contribution in [-0.2, 0) is 9.53 Å². The average Bonchev–Trinajstić information content (AvgIpc) is 2.84. The molecule has 2 heterocycles. The van der Waals surface area contributed by atoms with Crippen molar-refractivity contribution in [1.82, 2.24) is 10.2 Å². The van der Waals surface area contributed by atoms with Crippen LogP contribution in [0.2, 0.25) is 0 Å². The fourth-order valence-electron chi connectivity index (χ4n) is 2.20. The van der Waals surface area contributed by atoms with Gasteiger partial charge in [0.15, 0.2) is 0 Å². The fourth-order valence-corrected chi connectivity index (χ4v) is 2.20. The van der Waals surface area contributed by atoms with Crippen molar-refractivity contribution in [2.45, 2.75) is 6.92 Å². The zero-order valence-corrected chi connectivity index (χ0v) is 11.4. The van der Waals surface area contributed by atoms with E-state index in [-0.39, 0.29) is 5.91 Å². The van der Waals surface area contributed by atoms with Gasteiger partial charge in [-0.1, -0.05) is 29.8 Å². The molecular weight excluding hydrogens is 254 g/mol. The lowest BCUT2D eigenvalue weighted by atomic mass is 10.1. The summed E-state index contributed by atoms with van der Waals surface area (Å²) in [5.41, 5.74) is 2.63. The van der Waals surface area contributed by atoms with Crippen molar-refractivity contribution in [2.24, 2.45) is 4.99 Å². The number of aliphatic imine (C=N–C) groups is 1. The van der Waals surface area contributed by atoms with Gasteiger partial charge in [0.2, 0.25) is 5.96 Å². The molecule has 1 amide bonds. The molecular formula is C15H17N3O2. The number of hydrogen-bond donors (Lipinski definition) is 1. The van der Waals surface area contributed by atoms with Gasteiger partial charge in [-0.2, -0.15) is 0 Å². The third kappa shape index (κ3) is 2.72. The monoisotopic (exact) mass is 271 g/mol. The van der Waals surface area contributed by atoms with E-state index in [4.69, 9.17) is 4.74 Å². The van der Waals surface area contributed by atoms with Crippen molar-refractivity contribution in [3.05, 3.63) is 41.1 Å². The third-order valence-electron chi connectivity index (χ3n) is 3.38. The number of ether oxygens (including phenoxy) is 1. The Kier molecular flexibility index (Phi) is 3.52. The first-order valence-corrected chi connectivity index (χ1v) is 6.73. The number of carbonyl (C=O) groups is 1. The van der Waals surface area contributed by atoms with E-state index in [1.54, 1.807) is 0 Å². The molecule has 0 unspecified atom stereocenters. The van der Waals surface area contributed by atoms with E-state index < -0.39 is 0 Å². The number of carbonyl (C=O) groups excluding carboxylic acids is 1. The molecule has 2 aliphatic rings. The number of rotatable bonds is 1. The molecule has 5 heteroatoms. The first-order chi connectivity index (χ1) is 9.72. The van der Waals surface area contributed by atoms with Crippen LogP contribution in [0.4, 0.5) is 0 Å². The topological polar surface area (TPSA) is 53.9 Å². The average molecular weight is 271 g/mol. The highest BCUT2D eigenvalue weighted by Crippen LogP contribution is 2.14. The van der Waals surface area contributed by atoms with Crippen molar-refractivity contribution in [1.29, 1.82) is 0 Å². The molecule has 0 aromatic heterocycles. The zero-order valence-electron chi connectivity index (χ0n) is 11.4. The number of morpholine rings is 1. The lowest BCUT2D eigenvalue weighted by molar-refractivity contribution is -0.115. The van der Waals surface area contributed by atoms with Crippen LogP contribution in [0.25, 0.3) is 6.08 Å². The van der Waals surface area contributed by atoms with Gasteiger partial charge in [0, 0.05) is 13.1 Å². The lowest BCUT2D eigenvalue weighted by Crippen LogP contribution is -2.46. The minimum Gasteiger partial charge on any atom is -0.378 e. The van der Waals surface area contributed by atoms with Gasteiger partial charge in [-0.15, -0.1) is 0 Å². The van der Waals surface area contributed by atoms with Gasteiger partial charge < -0.3 is 9.64 Å². The third-order valence-corrected chi connectivity index (χ3v) is 3.38. The van der Waals surface area contributed by atoms with Crippen molar-refractivity contribution < 1.29 is 9.53 Å². The zero-order chi connectivity index (χ0) is 13.9. The number of amides is 1. The summed E-state index contributed by atoms with van der Waals surface area (Å²) in [7, 11) is 0. The second-order valence-electron chi connectivity index (χ2n) is 4.93. The Morgan fingerprint density at radius 3 is 2.65 bits per heavy atom. The highest BCUT2D eigenvalue weighted by Gasteiger charge is 2.25. The maximum atomic E-state index is 11.9. The molecule has 20 heavy (non-hydrogen) atoms. The standard InChI is InChI=1S/C15H17N3O2/c1-11-2-4-12(5-3-11)10-13-14(19)17-15(16-13)18-6-8-20-9-7-18/h2-5,10H,6-9H2,1H3,(H,16,17,19)/b13-10+. The van der Waals surface area contributed by atoms with Crippen LogP contribution in [-0.4, -0.2) is 43.1 Å². The van der Waals surface area contributed by atoms with E-state index in [1.807, 2.05) is 42.2 Å². The molecule has 1 fully saturated rings. The minimum absolute atomic E-state index is 0.146. The molecule has 5 nitrogen and oxygen atoms in total. The number of hydrogen-bond acceptors (Lipinski definition) is 4. The summed E-state index contributed by atoms with van der Waals surface area (Å²) in [5.74, 6) is 0.490. The molecule has 0 saturated carbocycles. The Morgan fingerprint density at radius 2 is 1.95 bits per heavy atom. The maximum Gasteiger partial charge on any atom is 0.276 e. The van der Waals surface area contributed by atoms with Gasteiger partial charge in [0.05, 0.1) is 13.2 Å². The second kappa shape index (κ2) is 5.46. The number of benzene rings is 1. The summed E-state index contributed by atoms with van der Waals surface area (Å²) < 4.78 is 5.30. The van der Waals surface area contributed by atoms with E-state index in [0.29, 0.717) is 24.9 Å². The van der Waals surface area contributed by atoms with E-state index in [2.05, 4.69) is 10.3 Å². The normalized spacial score (nSPS) is 21.1. The fraction of sp³-hybridized carbons (Fsp3) is 0.333. The highest BCUT2D eigenvalue weighted by molar-refractivity contribution is 6.13. The van der Waals surface area contributed by atoms with Gasteiger partial charge in [-0.3, -0.25) is 10.1 Å². The van der Waals surface area contributed by atoms with Gasteiger partial charge in [-0.05, 0) is 18.6 Å². The van der Waals surface area contributed by atoms with Crippen LogP contribution in [0.1, 0.15) is 11.1 Å². The minimum atomic E-state index is -0.146. The summed E-state index contributed by atoms with van der Waals surface area (Å²) in [6, 6.07) is 8.01. The first-order valence-electron chi connectivity index (χ1n) is 6.73. The molecule has 0 atom stereocenters. The molecule has 1 N–H and O–H groups in total. The van der Waals surface area contributed by atoms with Crippen molar-refractivity contribution in [3.63, 3.8) is 0 Å². The molecule has 104 valence electrons. The number of nitrogens with zero attached hydrogens (tertiary/aromatic N) is 2. The van der Waals surface area contributed by atoms with E-state index in [1.165, 1.54) is 5.56 Å². The van der Waals surface area contributed by atoms with Gasteiger partial charge in [0.25, 0.3) is 5.91 Å². The lowest BCUT2D eigenvalue weighted by Gasteiger charge is -2.27. The summed E-state index contributed by atoms with van der Waals surface area (Å²) in [5, 5.41) is 2.82. The summed E-state index contributed by atoms with van der Waals surface area (Å²) in [4.78, 5) is 18.4. The smallest absolute Gasteiger partial charge is 0.276 e. The predicted molar refractivity (Wildman–Crippen MR) is 77.1 cm³/mol. The summed E-state index contributed by atoms with van der Waals surface area (Å²) in [6.45, 7) is 4.90. The van der Waals surface area contributed by atoms with Crippen LogP contribution < -0.4 is 5.32 Å². The molecule has 0 radical (unpaired) electrons. The Hall–Kier alpha value is -2.14. The summed E-state index contributed by atoms with van der Waals surface area (Å²) >= 11 is 0. The van der Waals surface area contributed by atoms with Crippen molar-refractivity contribution >= 4 is 17.9 Å². The van der Waals surface area contributed by atoms with Crippen LogP contribution in [0.15, 0.2) is 35.0 Å². The first kappa shape index (κ1) is 12.9. The predicted octanol–water partition coefficient (Wildman–Crippen LogP) is 1.15. The Balaban J connectivity index is 1.80. The molecule has 0 spiro atoms. The highest BCUT2D eigenvalue weighted by atomic mass is 16.5. The van der Waals surface area contributed by atoms with E-state index in [9.17, 15) is 4.79 Å². The molecule has 1 aromatic carbocycles. The van der Waals surface area contributed by atoms with Crippen LogP contribution in [0.3, 0.4) is 0 Å². The Bertz CT molecular complexity index is 569. The second-order valence-corrected chi connectivity index (χ2v) is 4.93. The van der Waals surface area contributed by atoms with E-state index in [0.717, 1.165) is 18.7 Å². The molecule has 1 aromatic rings. The summed E-state index contributed by atoms with van der Waals surface area (Å²) in [6.07, 6.45) is 1.81. The Labute approximate surface area is 117 Å². The Morgan fingerprint density at radius 1 is 1.25 bits per heavy atom. The van der Waals surface area contributed by atoms with Crippen molar-refractivity contribution in [3.8, 4) is 0 Å². The molecule has 0 bridgehead atoms. The SMILES string of the molecule is Cc1ccc(/C=C2/N=C(N3CCOCC3)NC2=O)cc1. The molecule has 2 aliphatic heterocycles. The van der Waals surface area contributed by atoms with Crippen LogP contribution >= 0.6 is 0 Å². The van der Waals surface area contributed by atoms with Gasteiger partial charge >= 0.3 is 0 Å². The van der Waals surface area contributed by atoms with Gasteiger partial charge in [0.1, 0.15) is 5.70 Å². The van der Waals surface area contributed by atoms with E-state index >= 15 is 0 Å². The molecule has 0 aliphatic carbocycles. The largest absolute Gasteiger partial charge is 0.378 e.